The van der Waals surface area contributed by atoms with E-state index in [1.807, 2.05) is 19.1 Å². The van der Waals surface area contributed by atoms with Crippen LogP contribution in [0.2, 0.25) is 0 Å². The Kier molecular flexibility index (Phi) is 3.47. The second-order valence-electron chi connectivity index (χ2n) is 4.03. The summed E-state index contributed by atoms with van der Waals surface area (Å²) in [5.41, 5.74) is 2.35. The van der Waals surface area contributed by atoms with E-state index in [1.165, 1.54) is 5.57 Å². The van der Waals surface area contributed by atoms with Crippen LogP contribution in [0.1, 0.15) is 18.9 Å². The quantitative estimate of drug-likeness (QED) is 0.609. The smallest absolute Gasteiger partial charge is 0.231 e. The molecule has 86 valence electrons. The molecule has 0 fully saturated rings. The lowest BCUT2D eigenvalue weighted by molar-refractivity contribution is 0.173. The predicted octanol–water partition coefficient (Wildman–Crippen LogP) is 2.47. The number of ether oxygens (including phenoxy) is 2. The zero-order chi connectivity index (χ0) is 11.4. The van der Waals surface area contributed by atoms with Gasteiger partial charge in [0.15, 0.2) is 11.5 Å². The van der Waals surface area contributed by atoms with Crippen LogP contribution < -0.4 is 14.8 Å². The Hall–Kier alpha value is -1.48. The number of benzene rings is 1. The van der Waals surface area contributed by atoms with Crippen LogP contribution in [0.5, 0.6) is 11.5 Å². The van der Waals surface area contributed by atoms with Crippen LogP contribution >= 0.6 is 0 Å². The Morgan fingerprint density at radius 1 is 1.44 bits per heavy atom. The molecule has 0 aliphatic carbocycles. The highest BCUT2D eigenvalue weighted by Gasteiger charge is 2.16. The molecule has 0 spiro atoms. The lowest BCUT2D eigenvalue weighted by Gasteiger charge is -2.07. The van der Waals surface area contributed by atoms with Crippen molar-refractivity contribution in [2.75, 3.05) is 13.3 Å². The normalized spacial score (nSPS) is 12.8. The van der Waals surface area contributed by atoms with Crippen LogP contribution in [0.25, 0.3) is 0 Å². The van der Waals surface area contributed by atoms with Gasteiger partial charge in [-0.3, -0.25) is 0 Å². The Morgan fingerprint density at radius 2 is 2.31 bits per heavy atom. The summed E-state index contributed by atoms with van der Waals surface area (Å²) in [5, 5.41) is 3.37. The van der Waals surface area contributed by atoms with Crippen LogP contribution in [-0.2, 0) is 6.54 Å². The average molecular weight is 219 g/mol. The van der Waals surface area contributed by atoms with Gasteiger partial charge >= 0.3 is 0 Å². The molecule has 2 rings (SSSR count). The van der Waals surface area contributed by atoms with Crippen LogP contribution in [0, 0.1) is 0 Å². The lowest BCUT2D eigenvalue weighted by atomic mass is 10.2. The molecular formula is C13H17NO2. The third-order valence-electron chi connectivity index (χ3n) is 2.52. The Morgan fingerprint density at radius 3 is 3.12 bits per heavy atom. The third-order valence-corrected chi connectivity index (χ3v) is 2.52. The monoisotopic (exact) mass is 219 g/mol. The van der Waals surface area contributed by atoms with Gasteiger partial charge in [-0.25, -0.2) is 0 Å². The summed E-state index contributed by atoms with van der Waals surface area (Å²) in [7, 11) is 0. The minimum absolute atomic E-state index is 0.331. The number of rotatable bonds is 5. The van der Waals surface area contributed by atoms with Crippen molar-refractivity contribution >= 4 is 0 Å². The predicted molar refractivity (Wildman–Crippen MR) is 63.7 cm³/mol. The minimum atomic E-state index is 0.331. The summed E-state index contributed by atoms with van der Waals surface area (Å²) in [4.78, 5) is 0. The molecule has 0 unspecified atom stereocenters. The van der Waals surface area contributed by atoms with Crippen molar-refractivity contribution in [3.05, 3.63) is 35.9 Å². The second kappa shape index (κ2) is 5.03. The number of para-hydroxylation sites is 1. The third kappa shape index (κ3) is 2.55. The molecule has 0 bridgehead atoms. The van der Waals surface area contributed by atoms with E-state index in [-0.39, 0.29) is 0 Å². The summed E-state index contributed by atoms with van der Waals surface area (Å²) >= 11 is 0. The maximum absolute atomic E-state index is 5.43. The van der Waals surface area contributed by atoms with Crippen molar-refractivity contribution in [3.8, 4) is 11.5 Å². The summed E-state index contributed by atoms with van der Waals surface area (Å²) in [6.07, 6.45) is 1.01. The van der Waals surface area contributed by atoms with Crippen molar-refractivity contribution in [1.82, 2.24) is 5.32 Å². The van der Waals surface area contributed by atoms with E-state index >= 15 is 0 Å². The van der Waals surface area contributed by atoms with E-state index in [0.717, 1.165) is 36.6 Å². The molecule has 1 aliphatic rings. The summed E-state index contributed by atoms with van der Waals surface area (Å²) in [6, 6.07) is 5.98. The maximum Gasteiger partial charge on any atom is 0.231 e. The number of hydrogen-bond donors (Lipinski definition) is 1. The number of nitrogens with one attached hydrogen (secondary N) is 1. The first-order valence-corrected chi connectivity index (χ1v) is 5.50. The number of hydrogen-bond acceptors (Lipinski definition) is 3. The molecular weight excluding hydrogens is 202 g/mol. The van der Waals surface area contributed by atoms with Crippen molar-refractivity contribution in [3.63, 3.8) is 0 Å². The first kappa shape index (κ1) is 11.0. The van der Waals surface area contributed by atoms with E-state index in [0.29, 0.717) is 6.79 Å². The summed E-state index contributed by atoms with van der Waals surface area (Å²) < 4.78 is 10.7. The molecule has 1 aromatic rings. The Bertz CT molecular complexity index is 388. The first-order valence-electron chi connectivity index (χ1n) is 5.50. The van der Waals surface area contributed by atoms with Gasteiger partial charge in [0.2, 0.25) is 6.79 Å². The van der Waals surface area contributed by atoms with Crippen LogP contribution in [0.4, 0.5) is 0 Å². The number of fused-ring (bicyclic) bond motifs is 1. The standard InChI is InChI=1S/C13H17NO2/c1-10(2)6-7-14-8-11-4-3-5-12-13(11)16-9-15-12/h3-5,14H,1,6-9H2,2H3. The maximum atomic E-state index is 5.43. The fraction of sp³-hybridized carbons (Fsp3) is 0.385. The molecule has 1 heterocycles. The molecule has 0 radical (unpaired) electrons. The van der Waals surface area contributed by atoms with Gasteiger partial charge in [-0.15, -0.1) is 6.58 Å². The molecule has 3 nitrogen and oxygen atoms in total. The minimum Gasteiger partial charge on any atom is -0.454 e. The van der Waals surface area contributed by atoms with Gasteiger partial charge in [0, 0.05) is 12.1 Å². The molecule has 0 amide bonds. The van der Waals surface area contributed by atoms with Gasteiger partial charge in [-0.1, -0.05) is 17.7 Å². The fourth-order valence-corrected chi connectivity index (χ4v) is 1.65. The van der Waals surface area contributed by atoms with Crippen molar-refractivity contribution in [1.29, 1.82) is 0 Å². The van der Waals surface area contributed by atoms with Crippen molar-refractivity contribution < 1.29 is 9.47 Å². The van der Waals surface area contributed by atoms with Gasteiger partial charge in [0.05, 0.1) is 0 Å². The summed E-state index contributed by atoms with van der Waals surface area (Å²) in [5.74, 6) is 1.73. The fourth-order valence-electron chi connectivity index (χ4n) is 1.65. The molecule has 16 heavy (non-hydrogen) atoms. The zero-order valence-electron chi connectivity index (χ0n) is 9.58. The van der Waals surface area contributed by atoms with Crippen LogP contribution in [0.3, 0.4) is 0 Å². The van der Waals surface area contributed by atoms with Crippen molar-refractivity contribution in [2.45, 2.75) is 19.9 Å². The molecule has 0 saturated heterocycles. The molecule has 1 aliphatic heterocycles. The van der Waals surface area contributed by atoms with Gasteiger partial charge < -0.3 is 14.8 Å². The van der Waals surface area contributed by atoms with E-state index in [1.54, 1.807) is 0 Å². The van der Waals surface area contributed by atoms with Gasteiger partial charge in [-0.2, -0.15) is 0 Å². The van der Waals surface area contributed by atoms with E-state index in [4.69, 9.17) is 9.47 Å². The van der Waals surface area contributed by atoms with Gasteiger partial charge in [0.1, 0.15) is 0 Å². The largest absolute Gasteiger partial charge is 0.454 e. The molecule has 0 atom stereocenters. The van der Waals surface area contributed by atoms with Crippen molar-refractivity contribution in [2.24, 2.45) is 0 Å². The highest BCUT2D eigenvalue weighted by molar-refractivity contribution is 5.48. The van der Waals surface area contributed by atoms with Gasteiger partial charge in [-0.05, 0) is 26.0 Å². The van der Waals surface area contributed by atoms with Crippen LogP contribution in [-0.4, -0.2) is 13.3 Å². The first-order chi connectivity index (χ1) is 7.77. The summed E-state index contributed by atoms with van der Waals surface area (Å²) in [6.45, 7) is 7.99. The van der Waals surface area contributed by atoms with E-state index < -0.39 is 0 Å². The topological polar surface area (TPSA) is 30.5 Å². The highest BCUT2D eigenvalue weighted by Crippen LogP contribution is 2.35. The average Bonchev–Trinajstić information content (AvgIpc) is 2.72. The molecule has 0 aromatic heterocycles. The molecule has 1 N–H and O–H groups in total. The zero-order valence-corrected chi connectivity index (χ0v) is 9.58. The lowest BCUT2D eigenvalue weighted by Crippen LogP contribution is -2.15. The van der Waals surface area contributed by atoms with E-state index in [9.17, 15) is 0 Å². The van der Waals surface area contributed by atoms with E-state index in [2.05, 4.69) is 18.0 Å². The highest BCUT2D eigenvalue weighted by atomic mass is 16.7. The van der Waals surface area contributed by atoms with Crippen LogP contribution in [0.15, 0.2) is 30.4 Å². The second-order valence-corrected chi connectivity index (χ2v) is 4.03. The molecule has 0 saturated carbocycles. The van der Waals surface area contributed by atoms with Gasteiger partial charge in [0.25, 0.3) is 0 Å². The Labute approximate surface area is 96.1 Å². The molecule has 3 heteroatoms. The molecule has 1 aromatic carbocycles. The SMILES string of the molecule is C=C(C)CCNCc1cccc2c1OCO2. The Balaban J connectivity index is 1.90.